The maximum atomic E-state index is 5.42. The molecule has 3 aromatic rings. The van der Waals surface area contributed by atoms with Crippen LogP contribution in [-0.2, 0) is 13.1 Å². The van der Waals surface area contributed by atoms with Crippen LogP contribution < -0.4 is 0 Å². The number of hydrogen-bond donors (Lipinski definition) is 0. The van der Waals surface area contributed by atoms with Gasteiger partial charge in [-0.2, -0.15) is 0 Å². The van der Waals surface area contributed by atoms with Gasteiger partial charge in [-0.15, -0.1) is 10.2 Å². The standard InChI is InChI=1S/C16H20N6O/c1-12(2)22-11-18-19-16(22)10-21(3)9-14-7-15(20-23-14)13-5-4-6-17-8-13/h4-8,11-12H,9-10H2,1-3H3. The van der Waals surface area contributed by atoms with Gasteiger partial charge >= 0.3 is 0 Å². The van der Waals surface area contributed by atoms with Crippen LogP contribution in [0.2, 0.25) is 0 Å². The molecule has 0 atom stereocenters. The van der Waals surface area contributed by atoms with Gasteiger partial charge in [-0.1, -0.05) is 5.16 Å². The smallest absolute Gasteiger partial charge is 0.151 e. The van der Waals surface area contributed by atoms with Crippen molar-refractivity contribution in [2.24, 2.45) is 0 Å². The van der Waals surface area contributed by atoms with Crippen molar-refractivity contribution in [3.63, 3.8) is 0 Å². The molecule has 0 bridgehead atoms. The van der Waals surface area contributed by atoms with Gasteiger partial charge in [-0.25, -0.2) is 0 Å². The fourth-order valence-electron chi connectivity index (χ4n) is 2.41. The van der Waals surface area contributed by atoms with E-state index < -0.39 is 0 Å². The summed E-state index contributed by atoms with van der Waals surface area (Å²) in [5, 5.41) is 12.3. The number of rotatable bonds is 6. The average molecular weight is 312 g/mol. The lowest BCUT2D eigenvalue weighted by molar-refractivity contribution is 0.257. The Kier molecular flexibility index (Phi) is 4.47. The highest BCUT2D eigenvalue weighted by Crippen LogP contribution is 2.19. The van der Waals surface area contributed by atoms with E-state index in [0.29, 0.717) is 19.1 Å². The maximum Gasteiger partial charge on any atom is 0.151 e. The summed E-state index contributed by atoms with van der Waals surface area (Å²) in [7, 11) is 2.02. The van der Waals surface area contributed by atoms with Crippen molar-refractivity contribution in [2.75, 3.05) is 7.05 Å². The molecule has 0 saturated carbocycles. The van der Waals surface area contributed by atoms with Crippen LogP contribution in [0, 0.1) is 0 Å². The highest BCUT2D eigenvalue weighted by Gasteiger charge is 2.13. The number of aromatic nitrogens is 5. The molecule has 0 radical (unpaired) electrons. The molecule has 3 aromatic heterocycles. The van der Waals surface area contributed by atoms with E-state index in [2.05, 4.69) is 43.7 Å². The third-order valence-electron chi connectivity index (χ3n) is 3.56. The molecule has 3 heterocycles. The molecule has 0 amide bonds. The molecule has 0 N–H and O–H groups in total. The predicted octanol–water partition coefficient (Wildman–Crippen LogP) is 2.54. The van der Waals surface area contributed by atoms with Gasteiger partial charge in [0.05, 0.1) is 13.1 Å². The molecular formula is C16H20N6O. The van der Waals surface area contributed by atoms with Gasteiger partial charge in [-0.3, -0.25) is 9.88 Å². The highest BCUT2D eigenvalue weighted by molar-refractivity contribution is 5.57. The van der Waals surface area contributed by atoms with Crippen LogP contribution in [0.25, 0.3) is 11.3 Å². The molecule has 7 heteroatoms. The third-order valence-corrected chi connectivity index (χ3v) is 3.56. The Bertz CT molecular complexity index is 749. The first-order valence-electron chi connectivity index (χ1n) is 7.56. The summed E-state index contributed by atoms with van der Waals surface area (Å²) in [6.07, 6.45) is 5.28. The third kappa shape index (κ3) is 3.62. The lowest BCUT2D eigenvalue weighted by Gasteiger charge is -2.16. The Morgan fingerprint density at radius 1 is 1.30 bits per heavy atom. The quantitative estimate of drug-likeness (QED) is 0.696. The molecule has 0 saturated heterocycles. The lowest BCUT2D eigenvalue weighted by Crippen LogP contribution is -2.20. The van der Waals surface area contributed by atoms with Crippen LogP contribution in [0.5, 0.6) is 0 Å². The van der Waals surface area contributed by atoms with Crippen molar-refractivity contribution in [2.45, 2.75) is 33.0 Å². The second-order valence-corrected chi connectivity index (χ2v) is 5.84. The Morgan fingerprint density at radius 3 is 2.91 bits per heavy atom. The molecule has 0 aliphatic heterocycles. The van der Waals surface area contributed by atoms with Crippen LogP contribution >= 0.6 is 0 Å². The SMILES string of the molecule is CC(C)n1cnnc1CN(C)Cc1cc(-c2cccnc2)no1. The first kappa shape index (κ1) is 15.4. The second kappa shape index (κ2) is 6.70. The summed E-state index contributed by atoms with van der Waals surface area (Å²) in [5.74, 6) is 1.75. The minimum Gasteiger partial charge on any atom is -0.359 e. The largest absolute Gasteiger partial charge is 0.359 e. The minimum atomic E-state index is 0.343. The molecule has 7 nitrogen and oxygen atoms in total. The van der Waals surface area contributed by atoms with Crippen molar-refractivity contribution in [1.82, 2.24) is 29.8 Å². The maximum absolute atomic E-state index is 5.42. The molecule has 0 spiro atoms. The minimum absolute atomic E-state index is 0.343. The van der Waals surface area contributed by atoms with Gasteiger partial charge in [0.2, 0.25) is 0 Å². The van der Waals surface area contributed by atoms with E-state index in [1.807, 2.05) is 25.2 Å². The zero-order chi connectivity index (χ0) is 16.2. The predicted molar refractivity (Wildman–Crippen MR) is 85.3 cm³/mol. The monoisotopic (exact) mass is 312 g/mol. The molecule has 0 fully saturated rings. The van der Waals surface area contributed by atoms with Crippen LogP contribution in [0.3, 0.4) is 0 Å². The first-order chi connectivity index (χ1) is 11.1. The van der Waals surface area contributed by atoms with Crippen molar-refractivity contribution < 1.29 is 4.52 Å². The summed E-state index contributed by atoms with van der Waals surface area (Å²) in [5.41, 5.74) is 1.75. The van der Waals surface area contributed by atoms with Gasteiger partial charge in [0.25, 0.3) is 0 Å². The normalized spacial score (nSPS) is 11.5. The first-order valence-corrected chi connectivity index (χ1v) is 7.56. The summed E-state index contributed by atoms with van der Waals surface area (Å²) in [6, 6.07) is 6.13. The molecule has 3 rings (SSSR count). The second-order valence-electron chi connectivity index (χ2n) is 5.84. The van der Waals surface area contributed by atoms with E-state index in [0.717, 1.165) is 22.8 Å². The zero-order valence-corrected chi connectivity index (χ0v) is 13.5. The van der Waals surface area contributed by atoms with Gasteiger partial charge < -0.3 is 9.09 Å². The van der Waals surface area contributed by atoms with E-state index in [-0.39, 0.29) is 0 Å². The Balaban J connectivity index is 1.65. The van der Waals surface area contributed by atoms with Crippen molar-refractivity contribution in [3.05, 3.63) is 48.5 Å². The van der Waals surface area contributed by atoms with Crippen molar-refractivity contribution in [3.8, 4) is 11.3 Å². The van der Waals surface area contributed by atoms with Gasteiger partial charge in [0.15, 0.2) is 5.76 Å². The molecule has 0 aliphatic rings. The lowest BCUT2D eigenvalue weighted by atomic mass is 10.2. The number of nitrogens with zero attached hydrogens (tertiary/aromatic N) is 6. The summed E-state index contributed by atoms with van der Waals surface area (Å²) < 4.78 is 7.49. The topological polar surface area (TPSA) is 72.9 Å². The fraction of sp³-hybridized carbons (Fsp3) is 0.375. The number of pyridine rings is 1. The van der Waals surface area contributed by atoms with Gasteiger partial charge in [0, 0.05) is 30.1 Å². The molecule has 0 aromatic carbocycles. The van der Waals surface area contributed by atoms with E-state index in [9.17, 15) is 0 Å². The Labute approximate surface area is 135 Å². The van der Waals surface area contributed by atoms with E-state index >= 15 is 0 Å². The van der Waals surface area contributed by atoms with Crippen LogP contribution in [0.4, 0.5) is 0 Å². The van der Waals surface area contributed by atoms with Crippen LogP contribution in [-0.4, -0.2) is 36.9 Å². The van der Waals surface area contributed by atoms with E-state index in [1.54, 1.807) is 18.7 Å². The molecule has 0 aliphatic carbocycles. The van der Waals surface area contributed by atoms with Crippen molar-refractivity contribution in [1.29, 1.82) is 0 Å². The van der Waals surface area contributed by atoms with Gasteiger partial charge in [0.1, 0.15) is 17.8 Å². The molecular weight excluding hydrogens is 292 g/mol. The highest BCUT2D eigenvalue weighted by atomic mass is 16.5. The summed E-state index contributed by atoms with van der Waals surface area (Å²) in [4.78, 5) is 6.22. The zero-order valence-electron chi connectivity index (χ0n) is 13.5. The van der Waals surface area contributed by atoms with Gasteiger partial charge in [-0.05, 0) is 33.0 Å². The van der Waals surface area contributed by atoms with E-state index in [4.69, 9.17) is 4.52 Å². The Hall–Kier alpha value is -2.54. The van der Waals surface area contributed by atoms with Crippen LogP contribution in [0.15, 0.2) is 41.4 Å². The fourth-order valence-corrected chi connectivity index (χ4v) is 2.41. The molecule has 0 unspecified atom stereocenters. The number of hydrogen-bond acceptors (Lipinski definition) is 6. The van der Waals surface area contributed by atoms with Crippen LogP contribution in [0.1, 0.15) is 31.5 Å². The van der Waals surface area contributed by atoms with Crippen molar-refractivity contribution >= 4 is 0 Å². The summed E-state index contributed by atoms with van der Waals surface area (Å²) >= 11 is 0. The van der Waals surface area contributed by atoms with E-state index in [1.165, 1.54) is 0 Å². The summed E-state index contributed by atoms with van der Waals surface area (Å²) in [6.45, 7) is 5.58. The molecule has 120 valence electrons. The average Bonchev–Trinajstić information content (AvgIpc) is 3.17. The molecule has 23 heavy (non-hydrogen) atoms. The Morgan fingerprint density at radius 2 is 2.17 bits per heavy atom.